The Morgan fingerprint density at radius 2 is 1.63 bits per heavy atom. The summed E-state index contributed by atoms with van der Waals surface area (Å²) in [7, 11) is 5.22. The maximum absolute atomic E-state index is 13.1. The van der Waals surface area contributed by atoms with E-state index in [1.807, 2.05) is 31.0 Å². The summed E-state index contributed by atoms with van der Waals surface area (Å²) in [6.07, 6.45) is 0. The number of carbonyl (C=O) groups is 2. The van der Waals surface area contributed by atoms with Crippen LogP contribution in [0.4, 0.5) is 4.39 Å². The van der Waals surface area contributed by atoms with Crippen molar-refractivity contribution in [3.05, 3.63) is 71.0 Å². The van der Waals surface area contributed by atoms with Gasteiger partial charge in [-0.05, 0) is 49.4 Å². The SMILES string of the molecule is CNC(=O)c1ccc(CN(C)CC(=O)N(C)C(C)c2ccc(F)cc2)cc1. The molecule has 0 saturated carbocycles. The molecule has 2 aromatic rings. The number of halogens is 1. The predicted octanol–water partition coefficient (Wildman–Crippen LogP) is 2.84. The van der Waals surface area contributed by atoms with Crippen LogP contribution in [0.15, 0.2) is 48.5 Å². The van der Waals surface area contributed by atoms with Crippen molar-refractivity contribution in [2.45, 2.75) is 19.5 Å². The summed E-state index contributed by atoms with van der Waals surface area (Å²) in [5, 5.41) is 2.59. The first-order valence-corrected chi connectivity index (χ1v) is 8.82. The maximum atomic E-state index is 13.1. The molecule has 0 saturated heterocycles. The molecule has 0 bridgehead atoms. The molecule has 0 fully saturated rings. The Morgan fingerprint density at radius 1 is 1.04 bits per heavy atom. The van der Waals surface area contributed by atoms with Gasteiger partial charge in [0.15, 0.2) is 0 Å². The first-order chi connectivity index (χ1) is 12.8. The molecule has 2 amide bonds. The molecule has 0 aliphatic rings. The van der Waals surface area contributed by atoms with E-state index in [2.05, 4.69) is 5.32 Å². The minimum atomic E-state index is -0.290. The van der Waals surface area contributed by atoms with E-state index in [4.69, 9.17) is 0 Å². The topological polar surface area (TPSA) is 52.7 Å². The molecule has 5 nitrogen and oxygen atoms in total. The second kappa shape index (κ2) is 9.28. The minimum absolute atomic E-state index is 0.0173. The molecule has 1 unspecified atom stereocenters. The molecule has 0 heterocycles. The Labute approximate surface area is 159 Å². The summed E-state index contributed by atoms with van der Waals surface area (Å²) in [6, 6.07) is 13.4. The molecule has 144 valence electrons. The van der Waals surface area contributed by atoms with Crippen LogP contribution in [0.25, 0.3) is 0 Å². The smallest absolute Gasteiger partial charge is 0.251 e. The fourth-order valence-corrected chi connectivity index (χ4v) is 2.80. The van der Waals surface area contributed by atoms with Gasteiger partial charge in [-0.15, -0.1) is 0 Å². The number of likely N-dealkylation sites (N-methyl/N-ethyl adjacent to an activating group) is 2. The van der Waals surface area contributed by atoms with Crippen LogP contribution in [-0.4, -0.2) is 49.3 Å². The van der Waals surface area contributed by atoms with Gasteiger partial charge in [-0.25, -0.2) is 4.39 Å². The Morgan fingerprint density at radius 3 is 2.19 bits per heavy atom. The molecule has 0 aromatic heterocycles. The van der Waals surface area contributed by atoms with Gasteiger partial charge >= 0.3 is 0 Å². The number of nitrogens with zero attached hydrogens (tertiary/aromatic N) is 2. The summed E-state index contributed by atoms with van der Waals surface area (Å²) >= 11 is 0. The van der Waals surface area contributed by atoms with Crippen molar-refractivity contribution in [1.29, 1.82) is 0 Å². The number of hydrogen-bond acceptors (Lipinski definition) is 3. The minimum Gasteiger partial charge on any atom is -0.355 e. The van der Waals surface area contributed by atoms with Crippen molar-refractivity contribution in [2.24, 2.45) is 0 Å². The van der Waals surface area contributed by atoms with E-state index in [-0.39, 0.29) is 30.2 Å². The fraction of sp³-hybridized carbons (Fsp3) is 0.333. The number of benzene rings is 2. The molecule has 2 rings (SSSR count). The van der Waals surface area contributed by atoms with Gasteiger partial charge < -0.3 is 10.2 Å². The lowest BCUT2D eigenvalue weighted by Gasteiger charge is -2.27. The normalized spacial score (nSPS) is 11.9. The van der Waals surface area contributed by atoms with E-state index < -0.39 is 0 Å². The van der Waals surface area contributed by atoms with Gasteiger partial charge in [-0.3, -0.25) is 14.5 Å². The molecule has 0 aliphatic heterocycles. The highest BCUT2D eigenvalue weighted by Gasteiger charge is 2.19. The van der Waals surface area contributed by atoms with Crippen LogP contribution in [0.3, 0.4) is 0 Å². The fourth-order valence-electron chi connectivity index (χ4n) is 2.80. The Balaban J connectivity index is 1.92. The van der Waals surface area contributed by atoms with Crippen LogP contribution < -0.4 is 5.32 Å². The molecule has 2 aromatic carbocycles. The second-order valence-corrected chi connectivity index (χ2v) is 6.68. The molecular weight excluding hydrogens is 345 g/mol. The zero-order chi connectivity index (χ0) is 20.0. The van der Waals surface area contributed by atoms with Crippen LogP contribution in [-0.2, 0) is 11.3 Å². The van der Waals surface area contributed by atoms with Crippen molar-refractivity contribution < 1.29 is 14.0 Å². The van der Waals surface area contributed by atoms with Gasteiger partial charge in [-0.1, -0.05) is 24.3 Å². The van der Waals surface area contributed by atoms with Crippen LogP contribution >= 0.6 is 0 Å². The number of nitrogens with one attached hydrogen (secondary N) is 1. The van der Waals surface area contributed by atoms with E-state index in [1.54, 1.807) is 43.3 Å². The lowest BCUT2D eigenvalue weighted by molar-refractivity contribution is -0.132. The van der Waals surface area contributed by atoms with Crippen molar-refractivity contribution in [2.75, 3.05) is 27.7 Å². The van der Waals surface area contributed by atoms with E-state index in [0.29, 0.717) is 12.1 Å². The Hall–Kier alpha value is -2.73. The van der Waals surface area contributed by atoms with E-state index in [0.717, 1.165) is 11.1 Å². The van der Waals surface area contributed by atoms with Crippen LogP contribution in [0.2, 0.25) is 0 Å². The second-order valence-electron chi connectivity index (χ2n) is 6.68. The molecule has 0 aliphatic carbocycles. The van der Waals surface area contributed by atoms with E-state index >= 15 is 0 Å². The monoisotopic (exact) mass is 371 g/mol. The van der Waals surface area contributed by atoms with Crippen molar-refractivity contribution in [3.8, 4) is 0 Å². The average Bonchev–Trinajstić information content (AvgIpc) is 2.67. The summed E-state index contributed by atoms with van der Waals surface area (Å²) < 4.78 is 13.1. The highest BCUT2D eigenvalue weighted by atomic mass is 19.1. The van der Waals surface area contributed by atoms with E-state index in [1.165, 1.54) is 12.1 Å². The third-order valence-corrected chi connectivity index (χ3v) is 4.63. The van der Waals surface area contributed by atoms with Crippen LogP contribution in [0.5, 0.6) is 0 Å². The van der Waals surface area contributed by atoms with Crippen LogP contribution in [0, 0.1) is 5.82 Å². The third-order valence-electron chi connectivity index (χ3n) is 4.63. The summed E-state index contributed by atoms with van der Waals surface area (Å²) in [4.78, 5) is 27.7. The van der Waals surface area contributed by atoms with Gasteiger partial charge in [0.1, 0.15) is 5.82 Å². The first-order valence-electron chi connectivity index (χ1n) is 8.82. The molecule has 0 spiro atoms. The summed E-state index contributed by atoms with van der Waals surface area (Å²) in [6.45, 7) is 2.78. The van der Waals surface area contributed by atoms with E-state index in [9.17, 15) is 14.0 Å². The van der Waals surface area contributed by atoms with Gasteiger partial charge in [0.05, 0.1) is 12.6 Å². The third kappa shape index (κ3) is 5.62. The molecular formula is C21H26FN3O2. The standard InChI is InChI=1S/C21H26FN3O2/c1-15(17-9-11-19(22)12-10-17)25(4)20(26)14-24(3)13-16-5-7-18(8-6-16)21(27)23-2/h5-12,15H,13-14H2,1-4H3,(H,23,27). The number of carbonyl (C=O) groups excluding carboxylic acids is 2. The lowest BCUT2D eigenvalue weighted by Crippen LogP contribution is -2.37. The highest BCUT2D eigenvalue weighted by Crippen LogP contribution is 2.19. The van der Waals surface area contributed by atoms with Crippen molar-refractivity contribution >= 4 is 11.8 Å². The number of hydrogen-bond donors (Lipinski definition) is 1. The zero-order valence-electron chi connectivity index (χ0n) is 16.2. The quantitative estimate of drug-likeness (QED) is 0.814. The average molecular weight is 371 g/mol. The van der Waals surface area contributed by atoms with Gasteiger partial charge in [0.2, 0.25) is 5.91 Å². The lowest BCUT2D eigenvalue weighted by atomic mass is 10.1. The van der Waals surface area contributed by atoms with Crippen molar-refractivity contribution in [1.82, 2.24) is 15.1 Å². The molecule has 1 N–H and O–H groups in total. The van der Waals surface area contributed by atoms with Crippen molar-refractivity contribution in [3.63, 3.8) is 0 Å². The summed E-state index contributed by atoms with van der Waals surface area (Å²) in [5.74, 6) is -0.431. The Bertz CT molecular complexity index is 775. The molecule has 27 heavy (non-hydrogen) atoms. The number of amides is 2. The van der Waals surface area contributed by atoms with Gasteiger partial charge in [0, 0.05) is 26.2 Å². The number of rotatable bonds is 7. The van der Waals surface area contributed by atoms with Gasteiger partial charge in [0.25, 0.3) is 5.91 Å². The molecule has 6 heteroatoms. The van der Waals surface area contributed by atoms with Crippen LogP contribution in [0.1, 0.15) is 34.5 Å². The molecule has 1 atom stereocenters. The predicted molar refractivity (Wildman–Crippen MR) is 104 cm³/mol. The highest BCUT2D eigenvalue weighted by molar-refractivity contribution is 5.93. The Kier molecular flexibility index (Phi) is 7.07. The zero-order valence-corrected chi connectivity index (χ0v) is 16.2. The largest absolute Gasteiger partial charge is 0.355 e. The molecule has 0 radical (unpaired) electrons. The van der Waals surface area contributed by atoms with Gasteiger partial charge in [-0.2, -0.15) is 0 Å². The maximum Gasteiger partial charge on any atom is 0.251 e. The summed E-state index contributed by atoms with van der Waals surface area (Å²) in [5.41, 5.74) is 2.51. The first kappa shape index (κ1) is 20.6.